The first-order valence-electron chi connectivity index (χ1n) is 5.26. The molecule has 0 aliphatic carbocycles. The summed E-state index contributed by atoms with van der Waals surface area (Å²) in [6.07, 6.45) is 0.771. The molecule has 0 radical (unpaired) electrons. The van der Waals surface area contributed by atoms with Gasteiger partial charge in [0.2, 0.25) is 0 Å². The van der Waals surface area contributed by atoms with Crippen molar-refractivity contribution >= 4 is 23.2 Å². The van der Waals surface area contributed by atoms with Gasteiger partial charge in [-0.05, 0) is 41.8 Å². The average molecular weight is 267 g/mol. The van der Waals surface area contributed by atoms with Crippen molar-refractivity contribution in [1.82, 2.24) is 0 Å². The second-order valence-corrected chi connectivity index (χ2v) is 4.61. The van der Waals surface area contributed by atoms with E-state index < -0.39 is 0 Å². The molecule has 0 aliphatic heterocycles. The Hall–Kier alpha value is -1.18. The smallest absolute Gasteiger partial charge is 0.119 e. The summed E-state index contributed by atoms with van der Waals surface area (Å²) in [5.74, 6) is 0.854. The highest BCUT2D eigenvalue weighted by Crippen LogP contribution is 2.24. The first kappa shape index (κ1) is 12.3. The number of methoxy groups -OCH3 is 1. The molecule has 0 unspecified atom stereocenters. The Kier molecular flexibility index (Phi) is 3.93. The molecule has 0 N–H and O–H groups in total. The highest BCUT2D eigenvalue weighted by Gasteiger charge is 2.03. The van der Waals surface area contributed by atoms with E-state index in [4.69, 9.17) is 27.9 Å². The maximum absolute atomic E-state index is 6.14. The second kappa shape index (κ2) is 5.44. The summed E-state index contributed by atoms with van der Waals surface area (Å²) in [6, 6.07) is 13.5. The standard InChI is InChI=1S/C14H12Cl2O/c1-17-13-4-2-3-10(8-13)7-11-5-6-12(15)9-14(11)16/h2-6,8-9H,7H2,1H3. The number of benzene rings is 2. The van der Waals surface area contributed by atoms with Crippen LogP contribution in [-0.4, -0.2) is 7.11 Å². The topological polar surface area (TPSA) is 9.23 Å². The molecule has 0 atom stereocenters. The molecule has 0 aromatic heterocycles. The largest absolute Gasteiger partial charge is 0.497 e. The monoisotopic (exact) mass is 266 g/mol. The molecule has 0 spiro atoms. The van der Waals surface area contributed by atoms with Crippen LogP contribution < -0.4 is 4.74 Å². The molecule has 1 nitrogen and oxygen atoms in total. The van der Waals surface area contributed by atoms with E-state index in [1.54, 1.807) is 13.2 Å². The number of ether oxygens (including phenoxy) is 1. The van der Waals surface area contributed by atoms with Crippen LogP contribution in [0.15, 0.2) is 42.5 Å². The fourth-order valence-corrected chi connectivity index (χ4v) is 2.14. The first-order chi connectivity index (χ1) is 8.19. The zero-order valence-electron chi connectivity index (χ0n) is 9.41. The normalized spacial score (nSPS) is 10.3. The predicted octanol–water partition coefficient (Wildman–Crippen LogP) is 4.59. The van der Waals surface area contributed by atoms with Gasteiger partial charge in [0.15, 0.2) is 0 Å². The van der Waals surface area contributed by atoms with Crippen molar-refractivity contribution in [2.24, 2.45) is 0 Å². The Morgan fingerprint density at radius 3 is 2.59 bits per heavy atom. The Balaban J connectivity index is 2.25. The molecule has 0 amide bonds. The summed E-state index contributed by atoms with van der Waals surface area (Å²) in [4.78, 5) is 0. The third-order valence-electron chi connectivity index (χ3n) is 2.54. The van der Waals surface area contributed by atoms with Gasteiger partial charge in [-0.1, -0.05) is 41.4 Å². The van der Waals surface area contributed by atoms with Crippen molar-refractivity contribution in [3.63, 3.8) is 0 Å². The molecule has 0 bridgehead atoms. The highest BCUT2D eigenvalue weighted by atomic mass is 35.5. The third-order valence-corrected chi connectivity index (χ3v) is 3.13. The molecular formula is C14H12Cl2O. The fraction of sp³-hybridized carbons (Fsp3) is 0.143. The minimum Gasteiger partial charge on any atom is -0.497 e. The van der Waals surface area contributed by atoms with Crippen LogP contribution in [0.1, 0.15) is 11.1 Å². The van der Waals surface area contributed by atoms with E-state index in [1.807, 2.05) is 36.4 Å². The van der Waals surface area contributed by atoms with Crippen molar-refractivity contribution < 1.29 is 4.74 Å². The van der Waals surface area contributed by atoms with Crippen LogP contribution in [0.3, 0.4) is 0 Å². The summed E-state index contributed by atoms with van der Waals surface area (Å²) in [5, 5.41) is 1.35. The Morgan fingerprint density at radius 2 is 1.88 bits per heavy atom. The van der Waals surface area contributed by atoms with E-state index in [2.05, 4.69) is 0 Å². The molecule has 88 valence electrons. The zero-order valence-corrected chi connectivity index (χ0v) is 10.9. The van der Waals surface area contributed by atoms with Gasteiger partial charge >= 0.3 is 0 Å². The van der Waals surface area contributed by atoms with Gasteiger partial charge in [0.05, 0.1) is 7.11 Å². The number of hydrogen-bond donors (Lipinski definition) is 0. The minimum absolute atomic E-state index is 0.657. The Labute approximate surface area is 111 Å². The van der Waals surface area contributed by atoms with Gasteiger partial charge < -0.3 is 4.74 Å². The van der Waals surface area contributed by atoms with Gasteiger partial charge in [0, 0.05) is 10.0 Å². The third kappa shape index (κ3) is 3.15. The minimum atomic E-state index is 0.657. The molecule has 0 saturated carbocycles. The van der Waals surface area contributed by atoms with E-state index in [1.165, 1.54) is 0 Å². The summed E-state index contributed by atoms with van der Waals surface area (Å²) >= 11 is 12.0. The lowest BCUT2D eigenvalue weighted by Crippen LogP contribution is -1.91. The first-order valence-corrected chi connectivity index (χ1v) is 6.01. The summed E-state index contributed by atoms with van der Waals surface area (Å²) in [6.45, 7) is 0. The van der Waals surface area contributed by atoms with E-state index in [0.29, 0.717) is 10.0 Å². The van der Waals surface area contributed by atoms with Crippen LogP contribution >= 0.6 is 23.2 Å². The highest BCUT2D eigenvalue weighted by molar-refractivity contribution is 6.35. The van der Waals surface area contributed by atoms with Gasteiger partial charge in [0.1, 0.15) is 5.75 Å². The molecule has 0 fully saturated rings. The molecule has 2 aromatic rings. The zero-order chi connectivity index (χ0) is 12.3. The lowest BCUT2D eigenvalue weighted by Gasteiger charge is -2.06. The molecule has 0 saturated heterocycles. The van der Waals surface area contributed by atoms with Crippen LogP contribution in [0.25, 0.3) is 0 Å². The van der Waals surface area contributed by atoms with Crippen molar-refractivity contribution in [3.8, 4) is 5.75 Å². The predicted molar refractivity (Wildman–Crippen MR) is 72.3 cm³/mol. The van der Waals surface area contributed by atoms with E-state index >= 15 is 0 Å². The van der Waals surface area contributed by atoms with Gasteiger partial charge in [-0.3, -0.25) is 0 Å². The number of rotatable bonds is 3. The maximum Gasteiger partial charge on any atom is 0.119 e. The van der Waals surface area contributed by atoms with Crippen LogP contribution in [0.2, 0.25) is 10.0 Å². The summed E-state index contributed by atoms with van der Waals surface area (Å²) in [5.41, 5.74) is 2.22. The Morgan fingerprint density at radius 1 is 1.06 bits per heavy atom. The molecule has 2 rings (SSSR count). The second-order valence-electron chi connectivity index (χ2n) is 3.76. The molecule has 0 heterocycles. The van der Waals surface area contributed by atoms with Gasteiger partial charge in [-0.2, -0.15) is 0 Å². The molecule has 0 aliphatic rings. The maximum atomic E-state index is 6.14. The van der Waals surface area contributed by atoms with Crippen molar-refractivity contribution in [3.05, 3.63) is 63.6 Å². The molecule has 2 aromatic carbocycles. The molecule has 17 heavy (non-hydrogen) atoms. The Bertz CT molecular complexity index is 523. The van der Waals surface area contributed by atoms with E-state index in [-0.39, 0.29) is 0 Å². The van der Waals surface area contributed by atoms with Crippen molar-refractivity contribution in [1.29, 1.82) is 0 Å². The van der Waals surface area contributed by atoms with Crippen LogP contribution in [0.5, 0.6) is 5.75 Å². The van der Waals surface area contributed by atoms with Crippen LogP contribution in [0.4, 0.5) is 0 Å². The molecule has 3 heteroatoms. The SMILES string of the molecule is COc1cccc(Cc2ccc(Cl)cc2Cl)c1. The van der Waals surface area contributed by atoms with Crippen molar-refractivity contribution in [2.75, 3.05) is 7.11 Å². The summed E-state index contributed by atoms with van der Waals surface area (Å²) < 4.78 is 5.19. The average Bonchev–Trinajstić information content (AvgIpc) is 2.33. The quantitative estimate of drug-likeness (QED) is 0.790. The number of halogens is 2. The van der Waals surface area contributed by atoms with Gasteiger partial charge in [-0.15, -0.1) is 0 Å². The van der Waals surface area contributed by atoms with Gasteiger partial charge in [0.25, 0.3) is 0 Å². The fourth-order valence-electron chi connectivity index (χ4n) is 1.67. The van der Waals surface area contributed by atoms with E-state index in [0.717, 1.165) is 23.3 Å². The number of hydrogen-bond acceptors (Lipinski definition) is 1. The van der Waals surface area contributed by atoms with Crippen LogP contribution in [0, 0.1) is 0 Å². The molecular weight excluding hydrogens is 255 g/mol. The lowest BCUT2D eigenvalue weighted by atomic mass is 10.0. The lowest BCUT2D eigenvalue weighted by molar-refractivity contribution is 0.414. The summed E-state index contributed by atoms with van der Waals surface area (Å²) in [7, 11) is 1.66. The van der Waals surface area contributed by atoms with Crippen molar-refractivity contribution in [2.45, 2.75) is 6.42 Å². The van der Waals surface area contributed by atoms with Gasteiger partial charge in [-0.25, -0.2) is 0 Å². The van der Waals surface area contributed by atoms with Crippen LogP contribution in [-0.2, 0) is 6.42 Å². The van der Waals surface area contributed by atoms with E-state index in [9.17, 15) is 0 Å².